The van der Waals surface area contributed by atoms with Crippen molar-refractivity contribution in [2.75, 3.05) is 0 Å². The van der Waals surface area contributed by atoms with Gasteiger partial charge in [-0.2, -0.15) is 10.5 Å². The van der Waals surface area contributed by atoms with E-state index >= 15 is 0 Å². The van der Waals surface area contributed by atoms with Crippen LogP contribution in [-0.4, -0.2) is 13.7 Å². The van der Waals surface area contributed by atoms with Gasteiger partial charge in [-0.15, -0.1) is 0 Å². The monoisotopic (exact) mass is 732 g/mol. The van der Waals surface area contributed by atoms with Crippen molar-refractivity contribution in [3.05, 3.63) is 165 Å². The van der Waals surface area contributed by atoms with Gasteiger partial charge in [-0.05, 0) is 114 Å². The summed E-state index contributed by atoms with van der Waals surface area (Å²) in [4.78, 5) is 4.36. The van der Waals surface area contributed by atoms with Crippen molar-refractivity contribution in [3.63, 3.8) is 0 Å². The summed E-state index contributed by atoms with van der Waals surface area (Å²) >= 11 is 0. The van der Waals surface area contributed by atoms with Crippen molar-refractivity contribution in [1.29, 1.82) is 10.5 Å². The first-order chi connectivity index (χ1) is 27.6. The number of benzene rings is 7. The molecule has 0 N–H and O–H groups in total. The molecule has 0 aliphatic rings. The molecule has 6 nitrogen and oxygen atoms in total. The van der Waals surface area contributed by atoms with Crippen molar-refractivity contribution >= 4 is 71.1 Å². The van der Waals surface area contributed by atoms with E-state index in [0.29, 0.717) is 17.1 Å². The van der Waals surface area contributed by atoms with Crippen LogP contribution in [0.3, 0.4) is 0 Å². The molecule has 0 spiro atoms. The van der Waals surface area contributed by atoms with Gasteiger partial charge in [0.1, 0.15) is 12.1 Å². The first kappa shape index (κ1) is 33.9. The van der Waals surface area contributed by atoms with E-state index in [1.807, 2.05) is 0 Å². The van der Waals surface area contributed by atoms with Crippen LogP contribution in [0.25, 0.3) is 87.3 Å². The fourth-order valence-corrected chi connectivity index (χ4v) is 9.15. The first-order valence-electron chi connectivity index (χ1n) is 19.1. The van der Waals surface area contributed by atoms with Gasteiger partial charge in [0.05, 0.1) is 67.9 Å². The van der Waals surface area contributed by atoms with E-state index in [9.17, 15) is 10.5 Å². The van der Waals surface area contributed by atoms with Crippen LogP contribution in [0.4, 0.5) is 5.69 Å². The highest BCUT2D eigenvalue weighted by Crippen LogP contribution is 2.49. The van der Waals surface area contributed by atoms with Crippen molar-refractivity contribution in [1.82, 2.24) is 13.7 Å². The summed E-state index contributed by atoms with van der Waals surface area (Å²) in [5.41, 5.74) is 14.1. The Morgan fingerprint density at radius 1 is 0.386 bits per heavy atom. The van der Waals surface area contributed by atoms with E-state index < -0.39 is 0 Å². The van der Waals surface area contributed by atoms with Gasteiger partial charge in [0.15, 0.2) is 0 Å². The van der Waals surface area contributed by atoms with Gasteiger partial charge in [-0.3, -0.25) is 0 Å². The average molecular weight is 733 g/mol. The Morgan fingerprint density at radius 3 is 0.825 bits per heavy atom. The molecule has 0 bridgehead atoms. The number of aryl methyl sites for hydroxylation is 6. The summed E-state index contributed by atoms with van der Waals surface area (Å²) in [6, 6.07) is 43.3. The van der Waals surface area contributed by atoms with Crippen LogP contribution in [0, 0.1) is 70.8 Å². The molecule has 10 rings (SSSR count). The van der Waals surface area contributed by atoms with Crippen LogP contribution in [0.15, 0.2) is 109 Å². The van der Waals surface area contributed by atoms with Crippen LogP contribution < -0.4 is 0 Å². The zero-order chi connectivity index (χ0) is 39.4. The third-order valence-electron chi connectivity index (χ3n) is 11.6. The maximum Gasteiger partial charge on any atom is 0.236 e. The molecule has 7 aromatic carbocycles. The van der Waals surface area contributed by atoms with E-state index in [1.165, 1.54) is 0 Å². The second-order valence-electron chi connectivity index (χ2n) is 15.6. The van der Waals surface area contributed by atoms with Crippen molar-refractivity contribution in [3.8, 4) is 29.2 Å². The molecule has 270 valence electrons. The molecule has 0 radical (unpaired) electrons. The molecule has 0 saturated heterocycles. The van der Waals surface area contributed by atoms with E-state index in [1.54, 1.807) is 0 Å². The van der Waals surface area contributed by atoms with Crippen molar-refractivity contribution in [2.45, 2.75) is 41.5 Å². The third kappa shape index (κ3) is 4.73. The molecule has 0 saturated carbocycles. The Bertz CT molecular complexity index is 2990. The number of nitriles is 2. The van der Waals surface area contributed by atoms with Gasteiger partial charge < -0.3 is 13.7 Å². The molecular formula is C51H36N6. The van der Waals surface area contributed by atoms with Gasteiger partial charge in [-0.25, -0.2) is 4.85 Å². The minimum atomic E-state index is 0.235. The molecule has 10 aromatic rings. The Labute approximate surface area is 330 Å². The number of rotatable bonds is 3. The fraction of sp³-hybridized carbons (Fsp3) is 0.118. The lowest BCUT2D eigenvalue weighted by molar-refractivity contribution is 1.08. The lowest BCUT2D eigenvalue weighted by atomic mass is 9.99. The normalized spacial score (nSPS) is 11.6. The molecule has 0 amide bonds. The number of hydrogen-bond acceptors (Lipinski definition) is 2. The van der Waals surface area contributed by atoms with Crippen LogP contribution in [0.5, 0.6) is 0 Å². The Kier molecular flexibility index (Phi) is 7.27. The zero-order valence-corrected chi connectivity index (χ0v) is 32.6. The molecule has 0 fully saturated rings. The second-order valence-corrected chi connectivity index (χ2v) is 15.6. The molecule has 0 aliphatic carbocycles. The Hall–Kier alpha value is -7.59. The highest BCUT2D eigenvalue weighted by molar-refractivity contribution is 6.15. The summed E-state index contributed by atoms with van der Waals surface area (Å²) in [5, 5.41) is 29.5. The van der Waals surface area contributed by atoms with E-state index in [-0.39, 0.29) is 16.8 Å². The Morgan fingerprint density at radius 2 is 0.614 bits per heavy atom. The quantitative estimate of drug-likeness (QED) is 0.170. The van der Waals surface area contributed by atoms with Gasteiger partial charge in [-0.1, -0.05) is 69.8 Å². The van der Waals surface area contributed by atoms with Crippen LogP contribution >= 0.6 is 0 Å². The van der Waals surface area contributed by atoms with E-state index in [4.69, 9.17) is 6.57 Å². The number of nitrogens with zero attached hydrogens (tertiary/aromatic N) is 6. The summed E-state index contributed by atoms with van der Waals surface area (Å²) in [7, 11) is 0. The number of aromatic nitrogens is 3. The van der Waals surface area contributed by atoms with Crippen molar-refractivity contribution in [2.24, 2.45) is 0 Å². The van der Waals surface area contributed by atoms with Crippen LogP contribution in [0.2, 0.25) is 0 Å². The lowest BCUT2D eigenvalue weighted by Crippen LogP contribution is -2.11. The average Bonchev–Trinajstić information content (AvgIpc) is 3.80. The summed E-state index contributed by atoms with van der Waals surface area (Å²) in [5.74, 6) is 0. The molecular weight excluding hydrogens is 697 g/mol. The largest absolute Gasteiger partial charge is 0.318 e. The molecule has 0 unspecified atom stereocenters. The predicted molar refractivity (Wildman–Crippen MR) is 234 cm³/mol. The lowest BCUT2D eigenvalue weighted by Gasteiger charge is -2.23. The second kappa shape index (κ2) is 12.2. The van der Waals surface area contributed by atoms with Crippen LogP contribution in [0.1, 0.15) is 44.5 Å². The molecule has 6 heteroatoms. The number of hydrogen-bond donors (Lipinski definition) is 0. The standard InChI is InChI=1S/C51H36N6/c1-28-8-14-42-34(20-28)35-21-29(2)9-15-43(35)55(42)49-40(26-52)50(56-44-16-10-30(3)22-36(44)37-23-31(4)11-17-45(37)56)48(54-7)51(41(49)27-53)57-46-18-12-32(5)24-38(46)39-25-33(6)13-19-47(39)57/h8-25H,1-6H3. The van der Waals surface area contributed by atoms with E-state index in [2.05, 4.69) is 181 Å². The smallest absolute Gasteiger partial charge is 0.236 e. The molecule has 0 atom stereocenters. The fourth-order valence-electron chi connectivity index (χ4n) is 9.15. The third-order valence-corrected chi connectivity index (χ3v) is 11.6. The zero-order valence-electron chi connectivity index (χ0n) is 32.6. The van der Waals surface area contributed by atoms with Gasteiger partial charge in [0.25, 0.3) is 0 Å². The molecule has 0 aliphatic heterocycles. The highest BCUT2D eigenvalue weighted by atomic mass is 15.1. The van der Waals surface area contributed by atoms with E-state index in [0.717, 1.165) is 98.8 Å². The van der Waals surface area contributed by atoms with Crippen LogP contribution in [-0.2, 0) is 0 Å². The topological polar surface area (TPSA) is 66.7 Å². The minimum Gasteiger partial charge on any atom is -0.318 e. The SMILES string of the molecule is [C-]#[N+]c1c(-n2c3ccc(C)cc3c3cc(C)ccc32)c(C#N)c(-n2c3ccc(C)cc3c3cc(C)ccc32)c(C#N)c1-n1c2ccc(C)cc2c2cc(C)ccc21. The summed E-state index contributed by atoms with van der Waals surface area (Å²) < 4.78 is 6.27. The molecule has 3 heterocycles. The Balaban J connectivity index is 1.52. The first-order valence-corrected chi connectivity index (χ1v) is 19.1. The summed E-state index contributed by atoms with van der Waals surface area (Å²) in [6.45, 7) is 21.6. The van der Waals surface area contributed by atoms with Gasteiger partial charge in [0, 0.05) is 32.3 Å². The van der Waals surface area contributed by atoms with Gasteiger partial charge >= 0.3 is 0 Å². The summed E-state index contributed by atoms with van der Waals surface area (Å²) in [6.07, 6.45) is 0. The minimum absolute atomic E-state index is 0.235. The molecule has 57 heavy (non-hydrogen) atoms. The van der Waals surface area contributed by atoms with Gasteiger partial charge in [0.2, 0.25) is 5.69 Å². The maximum atomic E-state index is 11.6. The predicted octanol–water partition coefficient (Wildman–Crippen LogP) is 13.1. The van der Waals surface area contributed by atoms with Crippen molar-refractivity contribution < 1.29 is 0 Å². The number of fused-ring (bicyclic) bond motifs is 9. The maximum absolute atomic E-state index is 11.6. The highest BCUT2D eigenvalue weighted by Gasteiger charge is 2.32. The molecule has 3 aromatic heterocycles.